The SMILES string of the molecule is CC1CC(C(=O)O)CN(CCOc2ccc([N+](=O)[O-])cc2)C1. The molecule has 0 aliphatic carbocycles. The van der Waals surface area contributed by atoms with E-state index in [1.807, 2.05) is 0 Å². The van der Waals surface area contributed by atoms with Crippen LogP contribution in [-0.4, -0.2) is 47.1 Å². The van der Waals surface area contributed by atoms with Gasteiger partial charge >= 0.3 is 5.97 Å². The Morgan fingerprint density at radius 2 is 2.09 bits per heavy atom. The Hall–Kier alpha value is -2.15. The summed E-state index contributed by atoms with van der Waals surface area (Å²) >= 11 is 0. The second-order valence-electron chi connectivity index (χ2n) is 5.74. The quantitative estimate of drug-likeness (QED) is 0.638. The Labute approximate surface area is 128 Å². The summed E-state index contributed by atoms with van der Waals surface area (Å²) in [5, 5.41) is 19.7. The Kier molecular flexibility index (Phi) is 5.32. The Morgan fingerprint density at radius 1 is 1.41 bits per heavy atom. The minimum Gasteiger partial charge on any atom is -0.492 e. The summed E-state index contributed by atoms with van der Waals surface area (Å²) < 4.78 is 5.56. The topological polar surface area (TPSA) is 92.9 Å². The van der Waals surface area contributed by atoms with Crippen molar-refractivity contribution in [2.24, 2.45) is 11.8 Å². The first-order chi connectivity index (χ1) is 10.5. The van der Waals surface area contributed by atoms with Crippen molar-refractivity contribution >= 4 is 11.7 Å². The Bertz CT molecular complexity index is 531. The normalized spacial score (nSPS) is 22.2. The molecule has 2 rings (SSSR count). The molecule has 1 fully saturated rings. The number of carboxylic acids is 1. The number of carboxylic acid groups (broad SMARTS) is 1. The van der Waals surface area contributed by atoms with Gasteiger partial charge in [-0.3, -0.25) is 19.8 Å². The molecule has 2 unspecified atom stereocenters. The molecule has 0 spiro atoms. The van der Waals surface area contributed by atoms with Crippen LogP contribution in [0.5, 0.6) is 5.75 Å². The van der Waals surface area contributed by atoms with Crippen LogP contribution in [0.3, 0.4) is 0 Å². The molecule has 0 bridgehead atoms. The van der Waals surface area contributed by atoms with Crippen LogP contribution >= 0.6 is 0 Å². The number of piperidine rings is 1. The number of nitrogens with zero attached hydrogens (tertiary/aromatic N) is 2. The van der Waals surface area contributed by atoms with Crippen LogP contribution in [0.15, 0.2) is 24.3 Å². The van der Waals surface area contributed by atoms with Crippen molar-refractivity contribution < 1.29 is 19.6 Å². The number of aliphatic carboxylic acids is 1. The summed E-state index contributed by atoms with van der Waals surface area (Å²) in [4.78, 5) is 23.3. The molecule has 0 amide bonds. The molecule has 1 heterocycles. The van der Waals surface area contributed by atoms with E-state index >= 15 is 0 Å². The lowest BCUT2D eigenvalue weighted by atomic mass is 9.90. The lowest BCUT2D eigenvalue weighted by Crippen LogP contribution is -2.44. The molecule has 1 aliphatic rings. The molecule has 7 nitrogen and oxygen atoms in total. The number of hydrogen-bond acceptors (Lipinski definition) is 5. The second-order valence-corrected chi connectivity index (χ2v) is 5.74. The first-order valence-electron chi connectivity index (χ1n) is 7.28. The van der Waals surface area contributed by atoms with Crippen molar-refractivity contribution in [2.45, 2.75) is 13.3 Å². The van der Waals surface area contributed by atoms with Crippen LogP contribution < -0.4 is 4.74 Å². The van der Waals surface area contributed by atoms with E-state index in [2.05, 4.69) is 11.8 Å². The van der Waals surface area contributed by atoms with Crippen LogP contribution in [0.4, 0.5) is 5.69 Å². The molecule has 1 aromatic rings. The third-order valence-corrected chi connectivity index (χ3v) is 3.81. The van der Waals surface area contributed by atoms with Gasteiger partial charge < -0.3 is 9.84 Å². The number of carbonyl (C=O) groups is 1. The predicted octanol–water partition coefficient (Wildman–Crippen LogP) is 2.02. The van der Waals surface area contributed by atoms with E-state index in [9.17, 15) is 14.9 Å². The molecule has 1 aromatic carbocycles. The number of benzene rings is 1. The fourth-order valence-electron chi connectivity index (χ4n) is 2.78. The highest BCUT2D eigenvalue weighted by atomic mass is 16.6. The molecule has 0 saturated carbocycles. The zero-order chi connectivity index (χ0) is 16.1. The number of likely N-dealkylation sites (tertiary alicyclic amines) is 1. The molecule has 2 atom stereocenters. The van der Waals surface area contributed by atoms with Gasteiger partial charge in [0.1, 0.15) is 12.4 Å². The molecule has 120 valence electrons. The lowest BCUT2D eigenvalue weighted by Gasteiger charge is -2.34. The molecule has 0 radical (unpaired) electrons. The van der Waals surface area contributed by atoms with Gasteiger partial charge in [0.05, 0.1) is 10.8 Å². The van der Waals surface area contributed by atoms with E-state index in [4.69, 9.17) is 9.84 Å². The first kappa shape index (κ1) is 16.2. The molecular formula is C15H20N2O5. The van der Waals surface area contributed by atoms with E-state index in [-0.39, 0.29) is 11.6 Å². The lowest BCUT2D eigenvalue weighted by molar-refractivity contribution is -0.384. The zero-order valence-electron chi connectivity index (χ0n) is 12.5. The maximum atomic E-state index is 11.1. The molecule has 7 heteroatoms. The summed E-state index contributed by atoms with van der Waals surface area (Å²) in [6.07, 6.45) is 0.717. The molecule has 1 N–H and O–H groups in total. The Morgan fingerprint density at radius 3 is 2.68 bits per heavy atom. The summed E-state index contributed by atoms with van der Waals surface area (Å²) in [7, 11) is 0. The standard InChI is InChI=1S/C15H20N2O5/c1-11-8-12(15(18)19)10-16(9-11)6-7-22-14-4-2-13(3-5-14)17(20)21/h2-5,11-12H,6-10H2,1H3,(H,18,19). The smallest absolute Gasteiger partial charge is 0.307 e. The number of hydrogen-bond donors (Lipinski definition) is 1. The van der Waals surface area contributed by atoms with E-state index in [0.29, 0.717) is 31.4 Å². The van der Waals surface area contributed by atoms with Gasteiger partial charge in [-0.2, -0.15) is 0 Å². The molecule has 1 aliphatic heterocycles. The number of ether oxygens (including phenoxy) is 1. The van der Waals surface area contributed by atoms with E-state index in [0.717, 1.165) is 13.0 Å². The zero-order valence-corrected chi connectivity index (χ0v) is 12.5. The van der Waals surface area contributed by atoms with Crippen molar-refractivity contribution in [1.82, 2.24) is 4.90 Å². The van der Waals surface area contributed by atoms with Gasteiger partial charge in [-0.25, -0.2) is 0 Å². The molecular weight excluding hydrogens is 288 g/mol. The maximum Gasteiger partial charge on any atom is 0.307 e. The van der Waals surface area contributed by atoms with Gasteiger partial charge in [0, 0.05) is 31.8 Å². The van der Waals surface area contributed by atoms with Crippen molar-refractivity contribution in [3.8, 4) is 5.75 Å². The van der Waals surface area contributed by atoms with Gasteiger partial charge in [-0.05, 0) is 24.5 Å². The molecule has 22 heavy (non-hydrogen) atoms. The summed E-state index contributed by atoms with van der Waals surface area (Å²) in [6, 6.07) is 5.94. The van der Waals surface area contributed by atoms with E-state index < -0.39 is 10.9 Å². The number of rotatable bonds is 6. The van der Waals surface area contributed by atoms with Gasteiger partial charge in [-0.15, -0.1) is 0 Å². The fraction of sp³-hybridized carbons (Fsp3) is 0.533. The highest BCUT2D eigenvalue weighted by Gasteiger charge is 2.29. The van der Waals surface area contributed by atoms with Crippen molar-refractivity contribution in [3.63, 3.8) is 0 Å². The average molecular weight is 308 g/mol. The van der Waals surface area contributed by atoms with Crippen LogP contribution in [0.25, 0.3) is 0 Å². The predicted molar refractivity (Wildman–Crippen MR) is 79.9 cm³/mol. The summed E-state index contributed by atoms with van der Waals surface area (Å²) in [5.41, 5.74) is 0.0292. The third kappa shape index (κ3) is 4.42. The number of non-ortho nitro benzene ring substituents is 1. The maximum absolute atomic E-state index is 11.1. The van der Waals surface area contributed by atoms with Crippen molar-refractivity contribution in [1.29, 1.82) is 0 Å². The molecule has 0 aromatic heterocycles. The number of nitro groups is 1. The van der Waals surface area contributed by atoms with Crippen LogP contribution in [-0.2, 0) is 4.79 Å². The summed E-state index contributed by atoms with van der Waals surface area (Å²) in [6.45, 7) is 4.54. The van der Waals surface area contributed by atoms with Crippen LogP contribution in [0, 0.1) is 22.0 Å². The van der Waals surface area contributed by atoms with Gasteiger partial charge in [-0.1, -0.05) is 6.92 Å². The average Bonchev–Trinajstić information content (AvgIpc) is 2.47. The third-order valence-electron chi connectivity index (χ3n) is 3.81. The van der Waals surface area contributed by atoms with Gasteiger partial charge in [0.2, 0.25) is 0 Å². The molecule has 1 saturated heterocycles. The second kappa shape index (κ2) is 7.22. The van der Waals surface area contributed by atoms with E-state index in [1.165, 1.54) is 12.1 Å². The van der Waals surface area contributed by atoms with Gasteiger partial charge in [0.25, 0.3) is 5.69 Å². The minimum atomic E-state index is -0.743. The largest absolute Gasteiger partial charge is 0.492 e. The monoisotopic (exact) mass is 308 g/mol. The highest BCUT2D eigenvalue weighted by molar-refractivity contribution is 5.70. The van der Waals surface area contributed by atoms with Gasteiger partial charge in [0.15, 0.2) is 0 Å². The summed E-state index contributed by atoms with van der Waals surface area (Å²) in [5.74, 6) is -0.129. The fourth-order valence-corrected chi connectivity index (χ4v) is 2.78. The minimum absolute atomic E-state index is 0.0292. The van der Waals surface area contributed by atoms with Crippen molar-refractivity contribution in [2.75, 3.05) is 26.2 Å². The highest BCUT2D eigenvalue weighted by Crippen LogP contribution is 2.22. The first-order valence-corrected chi connectivity index (χ1v) is 7.28. The van der Waals surface area contributed by atoms with Crippen LogP contribution in [0.1, 0.15) is 13.3 Å². The number of nitro benzene ring substituents is 1. The van der Waals surface area contributed by atoms with E-state index in [1.54, 1.807) is 12.1 Å². The van der Waals surface area contributed by atoms with Crippen LogP contribution in [0.2, 0.25) is 0 Å². The van der Waals surface area contributed by atoms with Crippen molar-refractivity contribution in [3.05, 3.63) is 34.4 Å². The Balaban J connectivity index is 1.80.